The lowest BCUT2D eigenvalue weighted by atomic mass is 9.97. The zero-order valence-electron chi connectivity index (χ0n) is 18.7. The summed E-state index contributed by atoms with van der Waals surface area (Å²) in [7, 11) is 1.81. The summed E-state index contributed by atoms with van der Waals surface area (Å²) in [5.41, 5.74) is 8.61. The van der Waals surface area contributed by atoms with Gasteiger partial charge in [0.25, 0.3) is 0 Å². The van der Waals surface area contributed by atoms with Gasteiger partial charge in [-0.25, -0.2) is 14.8 Å². The fraction of sp³-hybridized carbons (Fsp3) is 0.522. The molecule has 0 aromatic carbocycles. The van der Waals surface area contributed by atoms with Gasteiger partial charge < -0.3 is 15.5 Å². The molecule has 0 amide bonds. The number of nitrogens with two attached hydrogens (primary N) is 1. The highest BCUT2D eigenvalue weighted by Gasteiger charge is 2.41. The van der Waals surface area contributed by atoms with Crippen LogP contribution >= 0.6 is 0 Å². The van der Waals surface area contributed by atoms with E-state index in [1.807, 2.05) is 29.9 Å². The number of piperazine rings is 1. The van der Waals surface area contributed by atoms with Crippen molar-refractivity contribution in [1.82, 2.24) is 19.1 Å². The number of nitrogen functional groups attached to an aromatic ring is 1. The molecule has 3 aromatic heterocycles. The molecule has 8 heteroatoms. The molecule has 2 fully saturated rings. The molecule has 3 aromatic rings. The molecule has 2 bridgehead atoms. The van der Waals surface area contributed by atoms with Crippen LogP contribution in [0.25, 0.3) is 11.2 Å². The maximum atomic E-state index is 12.8. The number of nitrogens with zero attached hydrogens (tertiary/aromatic N) is 6. The van der Waals surface area contributed by atoms with Crippen LogP contribution in [0.5, 0.6) is 0 Å². The molecule has 164 valence electrons. The number of pyridine rings is 2. The first kappa shape index (κ1) is 19.9. The standard InChI is InChI=1S/C23H31N7O/c1-23(2,3)14-29-18-9-10-19(26-21(18)27(4)22(29)31)28-12-15-7-8-16(13-28)30(15)20-17(24)6-5-11-25-20/h5-6,9-11,15-16H,7-8,12-14,24H2,1-4H3. The van der Waals surface area contributed by atoms with E-state index in [4.69, 9.17) is 10.7 Å². The van der Waals surface area contributed by atoms with E-state index in [1.54, 1.807) is 4.57 Å². The van der Waals surface area contributed by atoms with Gasteiger partial charge in [0.05, 0.1) is 11.2 Å². The Kier molecular flexibility index (Phi) is 4.50. The molecule has 0 aliphatic carbocycles. The Hall–Kier alpha value is -3.03. The molecule has 5 rings (SSSR count). The summed E-state index contributed by atoms with van der Waals surface area (Å²) in [5, 5.41) is 0. The smallest absolute Gasteiger partial charge is 0.330 e. The summed E-state index contributed by atoms with van der Waals surface area (Å²) in [5.74, 6) is 1.83. The van der Waals surface area contributed by atoms with E-state index in [1.165, 1.54) is 0 Å². The van der Waals surface area contributed by atoms with Crippen LogP contribution in [-0.4, -0.2) is 44.3 Å². The Morgan fingerprint density at radius 3 is 2.48 bits per heavy atom. The fourth-order valence-electron chi connectivity index (χ4n) is 5.13. The molecular formula is C23H31N7O. The molecule has 0 spiro atoms. The van der Waals surface area contributed by atoms with Crippen LogP contribution in [-0.2, 0) is 13.6 Å². The van der Waals surface area contributed by atoms with Gasteiger partial charge in [-0.2, -0.15) is 0 Å². The van der Waals surface area contributed by atoms with Gasteiger partial charge in [0.1, 0.15) is 5.82 Å². The molecule has 2 saturated heterocycles. The monoisotopic (exact) mass is 421 g/mol. The first-order valence-electron chi connectivity index (χ1n) is 11.0. The number of hydrogen-bond acceptors (Lipinski definition) is 6. The number of aromatic nitrogens is 4. The lowest BCUT2D eigenvalue weighted by Crippen LogP contribution is -2.54. The van der Waals surface area contributed by atoms with E-state index in [-0.39, 0.29) is 11.1 Å². The van der Waals surface area contributed by atoms with Gasteiger partial charge in [-0.05, 0) is 42.5 Å². The third-order valence-electron chi connectivity index (χ3n) is 6.47. The number of imidazole rings is 1. The molecule has 31 heavy (non-hydrogen) atoms. The van der Waals surface area contributed by atoms with Gasteiger partial charge in [-0.3, -0.25) is 9.13 Å². The summed E-state index contributed by atoms with van der Waals surface area (Å²) in [6.45, 7) is 8.85. The molecule has 5 heterocycles. The van der Waals surface area contributed by atoms with Crippen molar-refractivity contribution in [2.45, 2.75) is 52.2 Å². The van der Waals surface area contributed by atoms with Crippen molar-refractivity contribution in [2.24, 2.45) is 12.5 Å². The topological polar surface area (TPSA) is 85.2 Å². The van der Waals surface area contributed by atoms with E-state index in [0.29, 0.717) is 18.6 Å². The molecule has 2 aliphatic heterocycles. The van der Waals surface area contributed by atoms with Gasteiger partial charge in [-0.15, -0.1) is 0 Å². The van der Waals surface area contributed by atoms with Crippen molar-refractivity contribution in [3.8, 4) is 0 Å². The van der Waals surface area contributed by atoms with E-state index in [0.717, 1.165) is 54.4 Å². The molecule has 0 saturated carbocycles. The average molecular weight is 422 g/mol. The van der Waals surface area contributed by atoms with E-state index >= 15 is 0 Å². The van der Waals surface area contributed by atoms with Crippen molar-refractivity contribution < 1.29 is 0 Å². The van der Waals surface area contributed by atoms with Crippen molar-refractivity contribution in [1.29, 1.82) is 0 Å². The van der Waals surface area contributed by atoms with Gasteiger partial charge >= 0.3 is 5.69 Å². The molecule has 2 atom stereocenters. The second kappa shape index (κ2) is 7.00. The highest BCUT2D eigenvalue weighted by molar-refractivity contribution is 5.74. The molecule has 8 nitrogen and oxygen atoms in total. The maximum absolute atomic E-state index is 12.8. The second-order valence-corrected chi connectivity index (χ2v) is 10.1. The van der Waals surface area contributed by atoms with Crippen LogP contribution in [0.2, 0.25) is 0 Å². The predicted molar refractivity (Wildman–Crippen MR) is 125 cm³/mol. The molecule has 2 N–H and O–H groups in total. The summed E-state index contributed by atoms with van der Waals surface area (Å²) in [4.78, 5) is 27.1. The Bertz CT molecular complexity index is 1170. The van der Waals surface area contributed by atoms with Crippen LogP contribution in [0, 0.1) is 5.41 Å². The van der Waals surface area contributed by atoms with Gasteiger partial charge in [-0.1, -0.05) is 20.8 Å². The number of fused-ring (bicyclic) bond motifs is 3. The molecular weight excluding hydrogens is 390 g/mol. The van der Waals surface area contributed by atoms with Crippen molar-refractivity contribution in [3.05, 3.63) is 40.9 Å². The van der Waals surface area contributed by atoms with Crippen LogP contribution in [0.1, 0.15) is 33.6 Å². The fourth-order valence-corrected chi connectivity index (χ4v) is 5.13. The van der Waals surface area contributed by atoms with E-state index in [9.17, 15) is 4.79 Å². The highest BCUT2D eigenvalue weighted by Crippen LogP contribution is 2.37. The zero-order valence-corrected chi connectivity index (χ0v) is 18.7. The normalized spacial score (nSPS) is 21.3. The van der Waals surface area contributed by atoms with E-state index in [2.05, 4.69) is 47.7 Å². The minimum atomic E-state index is -0.00918. The summed E-state index contributed by atoms with van der Waals surface area (Å²) in [6, 6.07) is 8.64. The van der Waals surface area contributed by atoms with Gasteiger partial charge in [0, 0.05) is 45.0 Å². The Balaban J connectivity index is 1.46. The third-order valence-corrected chi connectivity index (χ3v) is 6.47. The lowest BCUT2D eigenvalue weighted by Gasteiger charge is -2.42. The SMILES string of the molecule is Cn1c(=O)n(CC(C)(C)C)c2ccc(N3CC4CCC(C3)N4c3ncccc3N)nc21. The van der Waals surface area contributed by atoms with Crippen LogP contribution in [0.3, 0.4) is 0 Å². The Morgan fingerprint density at radius 1 is 1.13 bits per heavy atom. The quantitative estimate of drug-likeness (QED) is 0.700. The van der Waals surface area contributed by atoms with Crippen molar-refractivity contribution >= 4 is 28.5 Å². The Morgan fingerprint density at radius 2 is 1.84 bits per heavy atom. The first-order valence-corrected chi connectivity index (χ1v) is 11.0. The Labute approximate surface area is 182 Å². The highest BCUT2D eigenvalue weighted by atomic mass is 16.1. The number of hydrogen-bond donors (Lipinski definition) is 1. The molecule has 2 unspecified atom stereocenters. The van der Waals surface area contributed by atoms with Crippen LogP contribution in [0.15, 0.2) is 35.3 Å². The minimum Gasteiger partial charge on any atom is -0.396 e. The van der Waals surface area contributed by atoms with Crippen LogP contribution < -0.4 is 21.2 Å². The third kappa shape index (κ3) is 3.34. The maximum Gasteiger partial charge on any atom is 0.330 e. The van der Waals surface area contributed by atoms with Crippen molar-refractivity contribution in [2.75, 3.05) is 28.6 Å². The summed E-state index contributed by atoms with van der Waals surface area (Å²) < 4.78 is 3.52. The first-order chi connectivity index (χ1) is 14.7. The average Bonchev–Trinajstić information content (AvgIpc) is 3.11. The largest absolute Gasteiger partial charge is 0.396 e. The zero-order chi connectivity index (χ0) is 21.9. The number of rotatable bonds is 3. The van der Waals surface area contributed by atoms with E-state index < -0.39 is 0 Å². The van der Waals surface area contributed by atoms with Gasteiger partial charge in [0.2, 0.25) is 0 Å². The summed E-state index contributed by atoms with van der Waals surface area (Å²) in [6.07, 6.45) is 4.06. The lowest BCUT2D eigenvalue weighted by molar-refractivity contribution is 0.342. The van der Waals surface area contributed by atoms with Crippen LogP contribution in [0.4, 0.5) is 17.3 Å². The van der Waals surface area contributed by atoms with Crippen molar-refractivity contribution in [3.63, 3.8) is 0 Å². The number of anilines is 3. The minimum absolute atomic E-state index is 0.00918. The molecule has 0 radical (unpaired) electrons. The summed E-state index contributed by atoms with van der Waals surface area (Å²) >= 11 is 0. The van der Waals surface area contributed by atoms with Gasteiger partial charge in [0.15, 0.2) is 11.5 Å². The second-order valence-electron chi connectivity index (χ2n) is 10.1. The number of aryl methyl sites for hydroxylation is 1. The molecule has 2 aliphatic rings. The predicted octanol–water partition coefficient (Wildman–Crippen LogP) is 2.62.